The maximum Gasteiger partial charge on any atom is 0.253 e. The molecule has 1 fully saturated rings. The Labute approximate surface area is 201 Å². The number of nitrogens with one attached hydrogen (secondary N) is 2. The molecule has 1 saturated heterocycles. The molecule has 2 aliphatic heterocycles. The topological polar surface area (TPSA) is 66.0 Å². The summed E-state index contributed by atoms with van der Waals surface area (Å²) in [6, 6.07) is 16.0. The number of guanidine groups is 1. The SMILES string of the molecule is CN=C(NCc1ccc(C(=O)N2CCCCC2)cc1)NCC1Cc2ccccc2O1.I. The van der Waals surface area contributed by atoms with Gasteiger partial charge >= 0.3 is 0 Å². The highest BCUT2D eigenvalue weighted by Gasteiger charge is 2.22. The van der Waals surface area contributed by atoms with E-state index < -0.39 is 0 Å². The van der Waals surface area contributed by atoms with Crippen LogP contribution in [0.5, 0.6) is 5.75 Å². The number of carbonyl (C=O) groups is 1. The number of amides is 1. The Morgan fingerprint density at radius 2 is 1.81 bits per heavy atom. The van der Waals surface area contributed by atoms with Crippen molar-refractivity contribution in [2.75, 3.05) is 26.7 Å². The monoisotopic (exact) mass is 534 g/mol. The van der Waals surface area contributed by atoms with Gasteiger partial charge < -0.3 is 20.3 Å². The Hall–Kier alpha value is -2.29. The zero-order valence-corrected chi connectivity index (χ0v) is 20.3. The summed E-state index contributed by atoms with van der Waals surface area (Å²) in [6.45, 7) is 3.08. The van der Waals surface area contributed by atoms with Crippen LogP contribution in [-0.2, 0) is 13.0 Å². The summed E-state index contributed by atoms with van der Waals surface area (Å²) in [6.07, 6.45) is 4.47. The number of nitrogens with zero attached hydrogens (tertiary/aromatic N) is 2. The normalized spacial score (nSPS) is 17.9. The second kappa shape index (κ2) is 11.4. The van der Waals surface area contributed by atoms with Crippen LogP contribution in [0.1, 0.15) is 40.7 Å². The summed E-state index contributed by atoms with van der Waals surface area (Å²) >= 11 is 0. The predicted molar refractivity (Wildman–Crippen MR) is 134 cm³/mol. The maximum absolute atomic E-state index is 12.6. The first-order valence-corrected chi connectivity index (χ1v) is 10.8. The van der Waals surface area contributed by atoms with Crippen molar-refractivity contribution in [2.45, 2.75) is 38.3 Å². The highest BCUT2D eigenvalue weighted by Crippen LogP contribution is 2.27. The van der Waals surface area contributed by atoms with Crippen LogP contribution in [0.25, 0.3) is 0 Å². The van der Waals surface area contributed by atoms with Crippen molar-refractivity contribution in [3.05, 3.63) is 65.2 Å². The van der Waals surface area contributed by atoms with Gasteiger partial charge in [-0.3, -0.25) is 9.79 Å². The van der Waals surface area contributed by atoms with Gasteiger partial charge in [0.05, 0.1) is 6.54 Å². The average Bonchev–Trinajstić information content (AvgIpc) is 3.23. The third kappa shape index (κ3) is 6.12. The highest BCUT2D eigenvalue weighted by molar-refractivity contribution is 14.0. The molecule has 1 atom stereocenters. The molecule has 0 saturated carbocycles. The Morgan fingerprint density at radius 3 is 2.52 bits per heavy atom. The smallest absolute Gasteiger partial charge is 0.253 e. The number of para-hydroxylation sites is 1. The number of halogens is 1. The lowest BCUT2D eigenvalue weighted by molar-refractivity contribution is 0.0724. The molecule has 166 valence electrons. The largest absolute Gasteiger partial charge is 0.488 e. The number of aliphatic imine (C=N–C) groups is 1. The molecule has 0 spiro atoms. The first kappa shape index (κ1) is 23.4. The minimum Gasteiger partial charge on any atom is -0.488 e. The van der Waals surface area contributed by atoms with Crippen LogP contribution < -0.4 is 15.4 Å². The van der Waals surface area contributed by atoms with Crippen LogP contribution in [0.3, 0.4) is 0 Å². The fourth-order valence-corrected chi connectivity index (χ4v) is 4.03. The van der Waals surface area contributed by atoms with Gasteiger partial charge in [-0.05, 0) is 48.6 Å². The molecular weight excluding hydrogens is 503 g/mol. The fourth-order valence-electron chi connectivity index (χ4n) is 4.03. The number of likely N-dealkylation sites (tertiary alicyclic amines) is 1. The molecule has 4 rings (SSSR count). The van der Waals surface area contributed by atoms with Crippen LogP contribution in [0.2, 0.25) is 0 Å². The van der Waals surface area contributed by atoms with E-state index in [1.165, 1.54) is 12.0 Å². The van der Waals surface area contributed by atoms with Crippen molar-refractivity contribution in [2.24, 2.45) is 4.99 Å². The van der Waals surface area contributed by atoms with Gasteiger partial charge in [0.1, 0.15) is 11.9 Å². The van der Waals surface area contributed by atoms with Crippen molar-refractivity contribution in [3.63, 3.8) is 0 Å². The number of benzene rings is 2. The van der Waals surface area contributed by atoms with E-state index in [0.717, 1.165) is 55.2 Å². The number of rotatable bonds is 5. The van der Waals surface area contributed by atoms with E-state index in [4.69, 9.17) is 4.74 Å². The van der Waals surface area contributed by atoms with Crippen molar-refractivity contribution in [1.82, 2.24) is 15.5 Å². The standard InChI is InChI=1S/C24H30N4O2.HI/c1-25-24(27-17-21-15-20-7-3-4-8-22(20)30-21)26-16-18-9-11-19(12-10-18)23(29)28-13-5-2-6-14-28;/h3-4,7-12,21H,2,5-6,13-17H2,1H3,(H2,25,26,27);1H. The van der Waals surface area contributed by atoms with Gasteiger partial charge in [0, 0.05) is 38.7 Å². The van der Waals surface area contributed by atoms with Crippen molar-refractivity contribution >= 4 is 35.8 Å². The molecule has 0 aliphatic carbocycles. The van der Waals surface area contributed by atoms with Crippen LogP contribution in [0, 0.1) is 0 Å². The lowest BCUT2D eigenvalue weighted by atomic mass is 10.1. The minimum absolute atomic E-state index is 0. The zero-order chi connectivity index (χ0) is 20.8. The van der Waals surface area contributed by atoms with Crippen LogP contribution in [0.4, 0.5) is 0 Å². The van der Waals surface area contributed by atoms with E-state index in [1.54, 1.807) is 7.05 Å². The third-order valence-corrected chi connectivity index (χ3v) is 5.74. The summed E-state index contributed by atoms with van der Waals surface area (Å²) in [7, 11) is 1.76. The summed E-state index contributed by atoms with van der Waals surface area (Å²) in [5, 5.41) is 6.67. The molecule has 2 aliphatic rings. The van der Waals surface area contributed by atoms with E-state index in [2.05, 4.69) is 21.7 Å². The van der Waals surface area contributed by atoms with E-state index in [0.29, 0.717) is 13.1 Å². The number of ether oxygens (including phenoxy) is 1. The second-order valence-corrected chi connectivity index (χ2v) is 7.91. The second-order valence-electron chi connectivity index (χ2n) is 7.91. The molecule has 6 nitrogen and oxygen atoms in total. The first-order valence-electron chi connectivity index (χ1n) is 10.8. The lowest BCUT2D eigenvalue weighted by Crippen LogP contribution is -2.41. The molecule has 2 N–H and O–H groups in total. The number of fused-ring (bicyclic) bond motifs is 1. The lowest BCUT2D eigenvalue weighted by Gasteiger charge is -2.26. The molecule has 31 heavy (non-hydrogen) atoms. The first-order chi connectivity index (χ1) is 14.7. The minimum atomic E-state index is 0. The van der Waals surface area contributed by atoms with E-state index in [1.807, 2.05) is 47.4 Å². The Balaban J connectivity index is 0.00000272. The molecule has 0 radical (unpaired) electrons. The van der Waals surface area contributed by atoms with Gasteiger partial charge in [-0.25, -0.2) is 0 Å². The van der Waals surface area contributed by atoms with Gasteiger partial charge in [-0.2, -0.15) is 0 Å². The molecule has 2 heterocycles. The van der Waals surface area contributed by atoms with Crippen molar-refractivity contribution in [1.29, 1.82) is 0 Å². The molecule has 1 unspecified atom stereocenters. The molecular formula is C24H31IN4O2. The van der Waals surface area contributed by atoms with E-state index in [9.17, 15) is 4.79 Å². The van der Waals surface area contributed by atoms with Gasteiger partial charge in [0.2, 0.25) is 0 Å². The Kier molecular flexibility index (Phi) is 8.57. The maximum atomic E-state index is 12.6. The van der Waals surface area contributed by atoms with Gasteiger partial charge in [-0.15, -0.1) is 24.0 Å². The van der Waals surface area contributed by atoms with Gasteiger partial charge in [0.25, 0.3) is 5.91 Å². The van der Waals surface area contributed by atoms with Crippen LogP contribution >= 0.6 is 24.0 Å². The molecule has 2 aromatic carbocycles. The average molecular weight is 534 g/mol. The van der Waals surface area contributed by atoms with Crippen molar-refractivity contribution < 1.29 is 9.53 Å². The summed E-state index contributed by atoms with van der Waals surface area (Å²) in [4.78, 5) is 18.8. The Morgan fingerprint density at radius 1 is 1.06 bits per heavy atom. The molecule has 7 heteroatoms. The van der Waals surface area contributed by atoms with Gasteiger partial charge in [-0.1, -0.05) is 30.3 Å². The summed E-state index contributed by atoms with van der Waals surface area (Å²) < 4.78 is 5.97. The molecule has 0 bridgehead atoms. The zero-order valence-electron chi connectivity index (χ0n) is 18.0. The highest BCUT2D eigenvalue weighted by atomic mass is 127. The van der Waals surface area contributed by atoms with Crippen LogP contribution in [0.15, 0.2) is 53.5 Å². The molecule has 2 aromatic rings. The molecule has 0 aromatic heterocycles. The summed E-state index contributed by atoms with van der Waals surface area (Å²) in [5.41, 5.74) is 3.13. The fraction of sp³-hybridized carbons (Fsp3) is 0.417. The molecule has 1 amide bonds. The third-order valence-electron chi connectivity index (χ3n) is 5.74. The van der Waals surface area contributed by atoms with E-state index >= 15 is 0 Å². The van der Waals surface area contributed by atoms with Crippen molar-refractivity contribution in [3.8, 4) is 5.75 Å². The summed E-state index contributed by atoms with van der Waals surface area (Å²) in [5.74, 6) is 1.86. The number of piperidine rings is 1. The quantitative estimate of drug-likeness (QED) is 0.350. The van der Waals surface area contributed by atoms with Crippen LogP contribution in [-0.4, -0.2) is 49.6 Å². The number of carbonyl (C=O) groups excluding carboxylic acids is 1. The Bertz CT molecular complexity index is 870. The van der Waals surface area contributed by atoms with Gasteiger partial charge in [0.15, 0.2) is 5.96 Å². The number of hydrogen-bond donors (Lipinski definition) is 2. The van der Waals surface area contributed by atoms with E-state index in [-0.39, 0.29) is 36.0 Å². The number of hydrogen-bond acceptors (Lipinski definition) is 3. The predicted octanol–water partition coefficient (Wildman–Crippen LogP) is 3.60.